The number of nitrogens with zero attached hydrogens (tertiary/aromatic N) is 2. The van der Waals surface area contributed by atoms with Crippen LogP contribution < -0.4 is 5.32 Å². The number of aryl methyl sites for hydroxylation is 1. The molecule has 0 aliphatic carbocycles. The molecule has 7 heteroatoms. The molecule has 0 spiro atoms. The lowest BCUT2D eigenvalue weighted by Gasteiger charge is -2.09. The fourth-order valence-electron chi connectivity index (χ4n) is 1.64. The van der Waals surface area contributed by atoms with Gasteiger partial charge in [-0.1, -0.05) is 5.16 Å². The number of nitrogens with one attached hydrogen (secondary N) is 1. The summed E-state index contributed by atoms with van der Waals surface area (Å²) in [5, 5.41) is 15.7. The summed E-state index contributed by atoms with van der Waals surface area (Å²) in [5.74, 6) is 0.637. The van der Waals surface area contributed by atoms with Crippen molar-refractivity contribution in [1.82, 2.24) is 15.5 Å². The Morgan fingerprint density at radius 2 is 2.32 bits per heavy atom. The highest BCUT2D eigenvalue weighted by Crippen LogP contribution is 2.16. The molecule has 19 heavy (non-hydrogen) atoms. The second-order valence-corrected chi connectivity index (χ2v) is 4.17. The van der Waals surface area contributed by atoms with Gasteiger partial charge in [-0.3, -0.25) is 0 Å². The van der Waals surface area contributed by atoms with E-state index in [0.717, 1.165) is 0 Å². The van der Waals surface area contributed by atoms with Crippen LogP contribution in [0, 0.1) is 6.92 Å². The van der Waals surface area contributed by atoms with Gasteiger partial charge in [-0.2, -0.15) is 4.98 Å². The van der Waals surface area contributed by atoms with Crippen LogP contribution >= 0.6 is 0 Å². The first-order valence-corrected chi connectivity index (χ1v) is 5.92. The highest BCUT2D eigenvalue weighted by Gasteiger charge is 2.14. The Balaban J connectivity index is 1.83. The molecule has 2 heterocycles. The number of hydrogen-bond donors (Lipinski definition) is 2. The van der Waals surface area contributed by atoms with Crippen molar-refractivity contribution in [3.63, 3.8) is 0 Å². The van der Waals surface area contributed by atoms with Crippen LogP contribution in [0.2, 0.25) is 0 Å². The van der Waals surface area contributed by atoms with Crippen LogP contribution in [0.4, 0.5) is 0 Å². The van der Waals surface area contributed by atoms with Gasteiger partial charge in [0.25, 0.3) is 0 Å². The minimum Gasteiger partial charge on any atom is -0.475 e. The Labute approximate surface area is 109 Å². The Bertz CT molecular complexity index is 561. The zero-order valence-electron chi connectivity index (χ0n) is 10.7. The van der Waals surface area contributed by atoms with Gasteiger partial charge in [0.1, 0.15) is 5.76 Å². The molecule has 2 aromatic heterocycles. The third kappa shape index (κ3) is 3.41. The normalized spacial score (nSPS) is 12.5. The number of furan rings is 1. The van der Waals surface area contributed by atoms with Gasteiger partial charge in [0.05, 0.1) is 6.04 Å². The number of aromatic carboxylic acids is 1. The van der Waals surface area contributed by atoms with Crippen LogP contribution in [-0.4, -0.2) is 27.8 Å². The maximum atomic E-state index is 10.7. The summed E-state index contributed by atoms with van der Waals surface area (Å²) in [6.45, 7) is 4.29. The molecule has 1 atom stereocenters. The van der Waals surface area contributed by atoms with E-state index in [1.165, 1.54) is 6.07 Å². The first kappa shape index (κ1) is 13.3. The van der Waals surface area contributed by atoms with E-state index in [1.54, 1.807) is 13.0 Å². The smallest absolute Gasteiger partial charge is 0.371 e. The molecule has 7 nitrogen and oxygen atoms in total. The first-order chi connectivity index (χ1) is 9.06. The van der Waals surface area contributed by atoms with Gasteiger partial charge in [-0.05, 0) is 26.0 Å². The SMILES string of the molecule is Cc1noc(CCNC(C)c2ccc(C(=O)O)o2)n1. The molecule has 102 valence electrons. The Kier molecular flexibility index (Phi) is 3.96. The monoisotopic (exact) mass is 265 g/mol. The Hall–Kier alpha value is -2.15. The average molecular weight is 265 g/mol. The molecular formula is C12H15N3O4. The van der Waals surface area contributed by atoms with Gasteiger partial charge >= 0.3 is 5.97 Å². The summed E-state index contributed by atoms with van der Waals surface area (Å²) in [4.78, 5) is 14.8. The number of rotatable bonds is 6. The lowest BCUT2D eigenvalue weighted by Crippen LogP contribution is -2.21. The predicted octanol–water partition coefficient (Wildman–Crippen LogP) is 1.56. The van der Waals surface area contributed by atoms with Crippen LogP contribution in [0.15, 0.2) is 21.1 Å². The lowest BCUT2D eigenvalue weighted by atomic mass is 10.2. The van der Waals surface area contributed by atoms with Crippen molar-refractivity contribution in [3.8, 4) is 0 Å². The molecule has 1 unspecified atom stereocenters. The molecule has 2 aromatic rings. The van der Waals surface area contributed by atoms with Gasteiger partial charge in [0, 0.05) is 13.0 Å². The van der Waals surface area contributed by atoms with E-state index in [0.29, 0.717) is 30.4 Å². The zero-order valence-corrected chi connectivity index (χ0v) is 10.7. The van der Waals surface area contributed by atoms with Crippen molar-refractivity contribution in [3.05, 3.63) is 35.4 Å². The Morgan fingerprint density at radius 1 is 1.53 bits per heavy atom. The Morgan fingerprint density at radius 3 is 2.89 bits per heavy atom. The van der Waals surface area contributed by atoms with Crippen molar-refractivity contribution < 1.29 is 18.8 Å². The van der Waals surface area contributed by atoms with E-state index in [9.17, 15) is 4.79 Å². The van der Waals surface area contributed by atoms with E-state index in [4.69, 9.17) is 14.0 Å². The maximum absolute atomic E-state index is 10.7. The quantitative estimate of drug-likeness (QED) is 0.817. The molecule has 0 bridgehead atoms. The molecule has 0 saturated carbocycles. The van der Waals surface area contributed by atoms with Crippen LogP contribution in [-0.2, 0) is 6.42 Å². The van der Waals surface area contributed by atoms with Crippen molar-refractivity contribution in [2.45, 2.75) is 26.3 Å². The van der Waals surface area contributed by atoms with Crippen molar-refractivity contribution in [2.75, 3.05) is 6.54 Å². The molecule has 0 amide bonds. The van der Waals surface area contributed by atoms with Crippen LogP contribution in [0.5, 0.6) is 0 Å². The maximum Gasteiger partial charge on any atom is 0.371 e. The standard InChI is InChI=1S/C12H15N3O4/c1-7(9-3-4-10(18-9)12(16)17)13-6-5-11-14-8(2)15-19-11/h3-4,7,13H,5-6H2,1-2H3,(H,16,17). The fourth-order valence-corrected chi connectivity index (χ4v) is 1.64. The topological polar surface area (TPSA) is 101 Å². The van der Waals surface area contributed by atoms with E-state index >= 15 is 0 Å². The van der Waals surface area contributed by atoms with Crippen LogP contribution in [0.3, 0.4) is 0 Å². The van der Waals surface area contributed by atoms with Gasteiger partial charge in [-0.25, -0.2) is 4.79 Å². The second kappa shape index (κ2) is 5.66. The minimum atomic E-state index is -1.07. The number of hydrogen-bond acceptors (Lipinski definition) is 6. The first-order valence-electron chi connectivity index (χ1n) is 5.92. The average Bonchev–Trinajstić information content (AvgIpc) is 2.98. The second-order valence-electron chi connectivity index (χ2n) is 4.17. The summed E-state index contributed by atoms with van der Waals surface area (Å²) in [6.07, 6.45) is 0.609. The highest BCUT2D eigenvalue weighted by atomic mass is 16.5. The minimum absolute atomic E-state index is 0.0591. The third-order valence-corrected chi connectivity index (χ3v) is 2.62. The molecule has 2 N–H and O–H groups in total. The summed E-state index contributed by atoms with van der Waals surface area (Å²) >= 11 is 0. The number of carboxylic acids is 1. The summed E-state index contributed by atoms with van der Waals surface area (Å²) in [5.41, 5.74) is 0. The molecular weight excluding hydrogens is 250 g/mol. The molecule has 2 rings (SSSR count). The summed E-state index contributed by atoms with van der Waals surface area (Å²) in [6, 6.07) is 3.01. The lowest BCUT2D eigenvalue weighted by molar-refractivity contribution is 0.0659. The molecule has 0 aliphatic rings. The van der Waals surface area contributed by atoms with E-state index in [1.807, 2.05) is 6.92 Å². The van der Waals surface area contributed by atoms with Gasteiger partial charge in [0.15, 0.2) is 5.82 Å². The third-order valence-electron chi connectivity index (χ3n) is 2.62. The van der Waals surface area contributed by atoms with E-state index in [-0.39, 0.29) is 11.8 Å². The van der Waals surface area contributed by atoms with Gasteiger partial charge < -0.3 is 19.4 Å². The molecule has 0 aromatic carbocycles. The summed E-state index contributed by atoms with van der Waals surface area (Å²) < 4.78 is 10.2. The predicted molar refractivity (Wildman–Crippen MR) is 64.8 cm³/mol. The molecule has 0 fully saturated rings. The molecule has 0 radical (unpaired) electrons. The zero-order chi connectivity index (χ0) is 13.8. The molecule has 0 aliphatic heterocycles. The van der Waals surface area contributed by atoms with Crippen LogP contribution in [0.1, 0.15) is 41.0 Å². The van der Waals surface area contributed by atoms with Crippen LogP contribution in [0.25, 0.3) is 0 Å². The van der Waals surface area contributed by atoms with Gasteiger partial charge in [-0.15, -0.1) is 0 Å². The van der Waals surface area contributed by atoms with Crippen molar-refractivity contribution >= 4 is 5.97 Å². The van der Waals surface area contributed by atoms with Crippen molar-refractivity contribution in [1.29, 1.82) is 0 Å². The number of aromatic nitrogens is 2. The number of carboxylic acid groups (broad SMARTS) is 1. The molecule has 0 saturated heterocycles. The van der Waals surface area contributed by atoms with E-state index in [2.05, 4.69) is 15.5 Å². The van der Waals surface area contributed by atoms with Gasteiger partial charge in [0.2, 0.25) is 11.7 Å². The van der Waals surface area contributed by atoms with E-state index < -0.39 is 5.97 Å². The van der Waals surface area contributed by atoms with Crippen molar-refractivity contribution in [2.24, 2.45) is 0 Å². The highest BCUT2D eigenvalue weighted by molar-refractivity contribution is 5.84. The largest absolute Gasteiger partial charge is 0.475 e. The summed E-state index contributed by atoms with van der Waals surface area (Å²) in [7, 11) is 0. The number of carbonyl (C=O) groups is 1. The fraction of sp³-hybridized carbons (Fsp3) is 0.417.